The molecule has 3 aromatic carbocycles. The molecule has 0 amide bonds. The zero-order valence-electron chi connectivity index (χ0n) is 17.7. The first kappa shape index (κ1) is 20.5. The van der Waals surface area contributed by atoms with Crippen LogP contribution in [0.4, 0.5) is 0 Å². The molecule has 0 aliphatic heterocycles. The lowest BCUT2D eigenvalue weighted by Gasteiger charge is -2.12. The fourth-order valence-corrected chi connectivity index (χ4v) is 4.23. The molecule has 0 aliphatic rings. The van der Waals surface area contributed by atoms with Crippen molar-refractivity contribution in [2.45, 2.75) is 13.0 Å². The highest BCUT2D eigenvalue weighted by Crippen LogP contribution is 2.30. The summed E-state index contributed by atoms with van der Waals surface area (Å²) < 4.78 is 14.0. The third kappa shape index (κ3) is 3.80. The molecule has 5 aromatic rings. The van der Waals surface area contributed by atoms with E-state index in [0.717, 1.165) is 56.0 Å². The van der Waals surface area contributed by atoms with E-state index in [1.807, 2.05) is 48.5 Å². The number of benzene rings is 3. The van der Waals surface area contributed by atoms with Gasteiger partial charge in [0.1, 0.15) is 5.82 Å². The molecule has 32 heavy (non-hydrogen) atoms. The number of methoxy groups -OCH3 is 2. The van der Waals surface area contributed by atoms with Crippen LogP contribution in [0.1, 0.15) is 5.56 Å². The number of para-hydroxylation sites is 2. The maximum atomic E-state index is 5.47. The molecule has 7 heteroatoms. The summed E-state index contributed by atoms with van der Waals surface area (Å²) in [5.41, 5.74) is 5.26. The predicted molar refractivity (Wildman–Crippen MR) is 129 cm³/mol. The number of hydrogen-bond acceptors (Lipinski definition) is 5. The molecule has 6 nitrogen and oxygen atoms in total. The number of hydrogen-bond donors (Lipinski definition) is 0. The van der Waals surface area contributed by atoms with Gasteiger partial charge < -0.3 is 14.0 Å². The number of nitrogens with zero attached hydrogens (tertiary/aromatic N) is 4. The molecule has 160 valence electrons. The molecule has 5 rings (SSSR count). The first-order valence-corrected chi connectivity index (χ1v) is 11.1. The van der Waals surface area contributed by atoms with Crippen molar-refractivity contribution in [3.63, 3.8) is 0 Å². The van der Waals surface area contributed by atoms with Gasteiger partial charge in [0.25, 0.3) is 0 Å². The molecular weight excluding hydrogens is 468 g/mol. The molecule has 0 spiro atoms. The number of aryl methyl sites for hydroxylation is 2. The fraction of sp³-hybridized carbons (Fsp3) is 0.160. The van der Waals surface area contributed by atoms with E-state index in [-0.39, 0.29) is 0 Å². The van der Waals surface area contributed by atoms with Crippen molar-refractivity contribution >= 4 is 38.3 Å². The number of fused-ring (bicyclic) bond motifs is 2. The number of halogens is 1. The summed E-state index contributed by atoms with van der Waals surface area (Å²) in [6, 6.07) is 22.0. The van der Waals surface area contributed by atoms with E-state index in [1.54, 1.807) is 14.2 Å². The van der Waals surface area contributed by atoms with Gasteiger partial charge in [0.15, 0.2) is 22.8 Å². The highest BCUT2D eigenvalue weighted by molar-refractivity contribution is 9.10. The van der Waals surface area contributed by atoms with Gasteiger partial charge in [-0.1, -0.05) is 46.3 Å². The number of ether oxygens (including phenoxy) is 2. The van der Waals surface area contributed by atoms with E-state index in [1.165, 1.54) is 0 Å². The average Bonchev–Trinajstić information content (AvgIpc) is 3.18. The van der Waals surface area contributed by atoms with Crippen LogP contribution in [0.2, 0.25) is 0 Å². The second-order valence-electron chi connectivity index (χ2n) is 7.40. The SMILES string of the molecule is COc1ccc(CCn2c(-c3cccc(Br)c3)nc3nc4ccccc4nc32)cc1OC. The predicted octanol–water partition coefficient (Wildman–Crippen LogP) is 5.67. The molecule has 0 radical (unpaired) electrons. The Kier molecular flexibility index (Phi) is 5.49. The Bertz CT molecular complexity index is 1430. The molecule has 0 aliphatic carbocycles. The zero-order chi connectivity index (χ0) is 22.1. The van der Waals surface area contributed by atoms with Crippen molar-refractivity contribution in [1.29, 1.82) is 0 Å². The third-order valence-electron chi connectivity index (χ3n) is 5.41. The topological polar surface area (TPSA) is 62.1 Å². The van der Waals surface area contributed by atoms with Crippen LogP contribution in [0.15, 0.2) is 71.2 Å². The van der Waals surface area contributed by atoms with Crippen molar-refractivity contribution in [3.8, 4) is 22.9 Å². The molecular formula is C25H21BrN4O2. The summed E-state index contributed by atoms with van der Waals surface area (Å²) in [4.78, 5) is 14.5. The van der Waals surface area contributed by atoms with E-state index in [0.29, 0.717) is 12.2 Å². The average molecular weight is 489 g/mol. The van der Waals surface area contributed by atoms with E-state index < -0.39 is 0 Å². The summed E-state index contributed by atoms with van der Waals surface area (Å²) in [6.07, 6.45) is 0.779. The molecule has 0 fully saturated rings. The van der Waals surface area contributed by atoms with Crippen molar-refractivity contribution in [1.82, 2.24) is 19.5 Å². The van der Waals surface area contributed by atoms with Crippen molar-refractivity contribution < 1.29 is 9.47 Å². The maximum absolute atomic E-state index is 5.47. The summed E-state index contributed by atoms with van der Waals surface area (Å²) in [6.45, 7) is 0.695. The Labute approximate surface area is 194 Å². The minimum atomic E-state index is 0.644. The molecule has 0 atom stereocenters. The van der Waals surface area contributed by atoms with Crippen LogP contribution in [0.5, 0.6) is 11.5 Å². The molecule has 2 aromatic heterocycles. The highest BCUT2D eigenvalue weighted by atomic mass is 79.9. The Hall–Kier alpha value is -3.45. The minimum absolute atomic E-state index is 0.644. The second-order valence-corrected chi connectivity index (χ2v) is 8.31. The lowest BCUT2D eigenvalue weighted by molar-refractivity contribution is 0.354. The first-order chi connectivity index (χ1) is 15.7. The Morgan fingerprint density at radius 1 is 0.812 bits per heavy atom. The van der Waals surface area contributed by atoms with Crippen molar-refractivity contribution in [2.24, 2.45) is 0 Å². The van der Waals surface area contributed by atoms with E-state index in [2.05, 4.69) is 38.7 Å². The molecule has 0 saturated carbocycles. The quantitative estimate of drug-likeness (QED) is 0.308. The maximum Gasteiger partial charge on any atom is 0.198 e. The Balaban J connectivity index is 1.61. The molecule has 0 unspecified atom stereocenters. The number of imidazole rings is 1. The molecule has 2 heterocycles. The van der Waals surface area contributed by atoms with Gasteiger partial charge in [-0.05, 0) is 48.4 Å². The monoisotopic (exact) mass is 488 g/mol. The van der Waals surface area contributed by atoms with E-state index in [9.17, 15) is 0 Å². The summed E-state index contributed by atoms with van der Waals surface area (Å²) in [5.74, 6) is 2.28. The van der Waals surface area contributed by atoms with Crippen molar-refractivity contribution in [2.75, 3.05) is 14.2 Å². The van der Waals surface area contributed by atoms with Crippen LogP contribution in [-0.2, 0) is 13.0 Å². The van der Waals surface area contributed by atoms with Gasteiger partial charge >= 0.3 is 0 Å². The molecule has 0 N–H and O–H groups in total. The van der Waals surface area contributed by atoms with Gasteiger partial charge in [-0.25, -0.2) is 15.0 Å². The normalized spacial score (nSPS) is 11.2. The van der Waals surface area contributed by atoms with Crippen LogP contribution in [0.25, 0.3) is 33.7 Å². The minimum Gasteiger partial charge on any atom is -0.493 e. The van der Waals surface area contributed by atoms with Gasteiger partial charge in [0.05, 0.1) is 25.3 Å². The van der Waals surface area contributed by atoms with Crippen LogP contribution in [0.3, 0.4) is 0 Å². The highest BCUT2D eigenvalue weighted by Gasteiger charge is 2.17. The van der Waals surface area contributed by atoms with Crippen LogP contribution >= 0.6 is 15.9 Å². The van der Waals surface area contributed by atoms with E-state index >= 15 is 0 Å². The lowest BCUT2D eigenvalue weighted by Crippen LogP contribution is -2.05. The fourth-order valence-electron chi connectivity index (χ4n) is 3.84. The van der Waals surface area contributed by atoms with Gasteiger partial charge in [0, 0.05) is 16.6 Å². The molecule has 0 bridgehead atoms. The van der Waals surface area contributed by atoms with Crippen LogP contribution < -0.4 is 9.47 Å². The molecule has 0 saturated heterocycles. The number of aromatic nitrogens is 4. The lowest BCUT2D eigenvalue weighted by atomic mass is 10.1. The second kappa shape index (κ2) is 8.59. The standard InChI is InChI=1S/C25H21BrN4O2/c1-31-21-11-10-16(14-22(21)32-2)12-13-30-24(17-6-5-7-18(26)15-17)29-23-25(30)28-20-9-4-3-8-19(20)27-23/h3-11,14-15H,12-13H2,1-2H3. The summed E-state index contributed by atoms with van der Waals surface area (Å²) >= 11 is 3.57. The van der Waals surface area contributed by atoms with Crippen LogP contribution in [0, 0.1) is 0 Å². The van der Waals surface area contributed by atoms with Gasteiger partial charge in [-0.3, -0.25) is 0 Å². The largest absolute Gasteiger partial charge is 0.493 e. The van der Waals surface area contributed by atoms with Gasteiger partial charge in [-0.2, -0.15) is 0 Å². The summed E-state index contributed by atoms with van der Waals surface area (Å²) in [7, 11) is 3.29. The summed E-state index contributed by atoms with van der Waals surface area (Å²) in [5, 5.41) is 0. The van der Waals surface area contributed by atoms with Gasteiger partial charge in [0.2, 0.25) is 0 Å². The zero-order valence-corrected chi connectivity index (χ0v) is 19.3. The van der Waals surface area contributed by atoms with Crippen molar-refractivity contribution in [3.05, 3.63) is 76.8 Å². The van der Waals surface area contributed by atoms with E-state index in [4.69, 9.17) is 24.4 Å². The van der Waals surface area contributed by atoms with Gasteiger partial charge in [-0.15, -0.1) is 0 Å². The number of rotatable bonds is 6. The first-order valence-electron chi connectivity index (χ1n) is 10.3. The Morgan fingerprint density at radius 2 is 1.59 bits per heavy atom. The van der Waals surface area contributed by atoms with Crippen LogP contribution in [-0.4, -0.2) is 33.7 Å². The smallest absolute Gasteiger partial charge is 0.198 e. The third-order valence-corrected chi connectivity index (χ3v) is 5.91. The Morgan fingerprint density at radius 3 is 2.34 bits per heavy atom.